The maximum Gasteiger partial charge on any atom is 0.343 e. The first-order valence-corrected chi connectivity index (χ1v) is 9.22. The summed E-state index contributed by atoms with van der Waals surface area (Å²) >= 11 is 0. The Balaban J connectivity index is 0.000000758. The number of esters is 1. The van der Waals surface area contributed by atoms with Crippen molar-refractivity contribution in [2.45, 2.75) is 43.8 Å². The van der Waals surface area contributed by atoms with Crippen LogP contribution in [0.4, 0.5) is 0 Å². The Morgan fingerprint density at radius 1 is 1.19 bits per heavy atom. The van der Waals surface area contributed by atoms with Crippen LogP contribution in [0.25, 0.3) is 0 Å². The molecule has 1 saturated carbocycles. The van der Waals surface area contributed by atoms with Crippen LogP contribution >= 0.6 is 0 Å². The highest BCUT2D eigenvalue weighted by Gasteiger charge is 2.49. The van der Waals surface area contributed by atoms with Gasteiger partial charge in [0.15, 0.2) is 11.7 Å². The smallest absolute Gasteiger partial charge is 0.343 e. The van der Waals surface area contributed by atoms with Crippen molar-refractivity contribution >= 4 is 12.4 Å². The van der Waals surface area contributed by atoms with E-state index in [0.29, 0.717) is 5.56 Å². The van der Waals surface area contributed by atoms with Gasteiger partial charge in [-0.2, -0.15) is 0 Å². The van der Waals surface area contributed by atoms with E-state index >= 15 is 0 Å². The third kappa shape index (κ3) is 4.62. The molecule has 1 heterocycles. The first kappa shape index (κ1) is 20.4. The van der Waals surface area contributed by atoms with Gasteiger partial charge in [0.2, 0.25) is 0 Å². The van der Waals surface area contributed by atoms with Crippen molar-refractivity contribution in [3.05, 3.63) is 35.9 Å². The van der Waals surface area contributed by atoms with Crippen LogP contribution in [0, 0.1) is 5.92 Å². The van der Waals surface area contributed by atoms with Gasteiger partial charge < -0.3 is 19.4 Å². The average Bonchev–Trinajstić information content (AvgIpc) is 3.25. The van der Waals surface area contributed by atoms with Gasteiger partial charge in [-0.3, -0.25) is 4.79 Å². The number of hydrogen-bond donors (Lipinski definition) is 2. The second kappa shape index (κ2) is 8.64. The van der Waals surface area contributed by atoms with Crippen LogP contribution in [0.15, 0.2) is 30.3 Å². The van der Waals surface area contributed by atoms with Crippen LogP contribution in [0.3, 0.4) is 0 Å². The van der Waals surface area contributed by atoms with Crippen molar-refractivity contribution in [2.75, 3.05) is 27.2 Å². The molecule has 6 heteroatoms. The predicted octanol–water partition coefficient (Wildman–Crippen LogP) is 2.16. The second-order valence-electron chi connectivity index (χ2n) is 7.88. The number of hydrogen-bond acceptors (Lipinski definition) is 4. The normalized spacial score (nSPS) is 24.2. The summed E-state index contributed by atoms with van der Waals surface area (Å²) in [6, 6.07) is 9.33. The fourth-order valence-electron chi connectivity index (χ4n) is 4.12. The van der Waals surface area contributed by atoms with Gasteiger partial charge in [-0.15, -0.1) is 0 Å². The minimum absolute atomic E-state index is 0.0405. The molecule has 3 rings (SSSR count). The van der Waals surface area contributed by atoms with E-state index in [9.17, 15) is 9.90 Å². The predicted molar refractivity (Wildman–Crippen MR) is 97.3 cm³/mol. The third-order valence-corrected chi connectivity index (χ3v) is 5.50. The number of quaternary nitrogens is 1. The van der Waals surface area contributed by atoms with E-state index in [4.69, 9.17) is 14.6 Å². The maximum absolute atomic E-state index is 12.9. The van der Waals surface area contributed by atoms with Gasteiger partial charge in [0.1, 0.15) is 6.54 Å². The number of aliphatic hydroxyl groups is 1. The first-order chi connectivity index (χ1) is 12.3. The maximum atomic E-state index is 12.9. The van der Waals surface area contributed by atoms with Crippen LogP contribution in [-0.4, -0.2) is 60.4 Å². The quantitative estimate of drug-likeness (QED) is 0.486. The molecule has 2 aliphatic rings. The summed E-state index contributed by atoms with van der Waals surface area (Å²) in [4.78, 5) is 21.3. The first-order valence-electron chi connectivity index (χ1n) is 9.22. The number of carbonyl (C=O) groups excluding carboxylic acids is 1. The highest BCUT2D eigenvalue weighted by molar-refractivity contribution is 5.81. The summed E-state index contributed by atoms with van der Waals surface area (Å²) in [5.41, 5.74) is -0.832. The van der Waals surface area contributed by atoms with Gasteiger partial charge in [-0.05, 0) is 18.4 Å². The van der Waals surface area contributed by atoms with E-state index < -0.39 is 11.6 Å². The SMILES string of the molecule is C[N+]1(C)CCC(OC(=O)C(O)(c2ccccc2)C2CCCC2)C1.O=CO. The van der Waals surface area contributed by atoms with Gasteiger partial charge in [-0.25, -0.2) is 4.79 Å². The Hall–Kier alpha value is -1.92. The lowest BCUT2D eigenvalue weighted by molar-refractivity contribution is -0.879. The Morgan fingerprint density at radius 2 is 1.77 bits per heavy atom. The molecule has 1 aliphatic carbocycles. The molecular formula is C20H30NO5+. The Bertz CT molecular complexity index is 597. The Morgan fingerprint density at radius 3 is 2.27 bits per heavy atom. The standard InChI is InChI=1S/C19H28NO3.CH2O2/c1-20(2)13-12-17(14-20)23-18(21)19(22,16-10-6-7-11-16)15-8-4-3-5-9-15;2-1-3/h3-5,8-9,16-17,22H,6-7,10-14H2,1-2H3;1H,(H,2,3)/q+1;. The minimum Gasteiger partial charge on any atom is -0.483 e. The summed E-state index contributed by atoms with van der Waals surface area (Å²) in [5.74, 6) is -0.496. The van der Waals surface area contributed by atoms with E-state index in [1.54, 1.807) is 0 Å². The monoisotopic (exact) mass is 364 g/mol. The van der Waals surface area contributed by atoms with Gasteiger partial charge in [-0.1, -0.05) is 43.2 Å². The summed E-state index contributed by atoms with van der Waals surface area (Å²) in [7, 11) is 4.29. The van der Waals surface area contributed by atoms with Gasteiger partial charge in [0.05, 0.1) is 20.6 Å². The lowest BCUT2D eigenvalue weighted by atomic mass is 9.80. The molecule has 1 saturated heterocycles. The number of ether oxygens (including phenoxy) is 1. The number of carboxylic acid groups (broad SMARTS) is 1. The van der Waals surface area contributed by atoms with Crippen LogP contribution in [0.1, 0.15) is 37.7 Å². The zero-order valence-electron chi connectivity index (χ0n) is 15.6. The van der Waals surface area contributed by atoms with Crippen LogP contribution in [0.2, 0.25) is 0 Å². The molecule has 2 unspecified atom stereocenters. The van der Waals surface area contributed by atoms with E-state index in [-0.39, 0.29) is 18.5 Å². The Labute approximate surface area is 155 Å². The third-order valence-electron chi connectivity index (χ3n) is 5.50. The van der Waals surface area contributed by atoms with Crippen molar-refractivity contribution in [1.82, 2.24) is 0 Å². The molecule has 0 amide bonds. The summed E-state index contributed by atoms with van der Waals surface area (Å²) in [6.45, 7) is 1.58. The number of rotatable bonds is 4. The molecule has 1 aromatic rings. The van der Waals surface area contributed by atoms with E-state index in [1.807, 2.05) is 30.3 Å². The number of nitrogens with zero attached hydrogens (tertiary/aromatic N) is 1. The van der Waals surface area contributed by atoms with E-state index in [0.717, 1.165) is 49.7 Å². The zero-order valence-corrected chi connectivity index (χ0v) is 15.6. The molecule has 0 spiro atoms. The molecule has 0 aromatic heterocycles. The molecule has 1 aliphatic heterocycles. The molecule has 26 heavy (non-hydrogen) atoms. The number of carbonyl (C=O) groups is 2. The zero-order chi connectivity index (χ0) is 19.2. The Kier molecular flexibility index (Phi) is 6.78. The van der Waals surface area contributed by atoms with Crippen LogP contribution < -0.4 is 0 Å². The van der Waals surface area contributed by atoms with Crippen LogP contribution in [-0.2, 0) is 19.9 Å². The minimum atomic E-state index is -1.50. The molecule has 2 fully saturated rings. The highest BCUT2D eigenvalue weighted by Crippen LogP contribution is 2.42. The van der Waals surface area contributed by atoms with Gasteiger partial charge >= 0.3 is 5.97 Å². The van der Waals surface area contributed by atoms with Crippen molar-refractivity contribution in [3.8, 4) is 0 Å². The number of likely N-dealkylation sites (tertiary alicyclic amines) is 1. The fourth-order valence-corrected chi connectivity index (χ4v) is 4.12. The van der Waals surface area contributed by atoms with Crippen molar-refractivity contribution in [2.24, 2.45) is 5.92 Å². The number of benzene rings is 1. The van der Waals surface area contributed by atoms with Crippen molar-refractivity contribution in [1.29, 1.82) is 0 Å². The lowest BCUT2D eigenvalue weighted by Gasteiger charge is -2.33. The largest absolute Gasteiger partial charge is 0.483 e. The molecule has 1 aromatic carbocycles. The lowest BCUT2D eigenvalue weighted by Crippen LogP contribution is -2.46. The van der Waals surface area contributed by atoms with Crippen LogP contribution in [0.5, 0.6) is 0 Å². The summed E-state index contributed by atoms with van der Waals surface area (Å²) in [6.07, 6.45) is 4.68. The number of likely N-dealkylation sites (N-methyl/N-ethyl adjacent to an activating group) is 1. The van der Waals surface area contributed by atoms with Gasteiger partial charge in [0, 0.05) is 12.3 Å². The molecule has 144 valence electrons. The average molecular weight is 364 g/mol. The highest BCUT2D eigenvalue weighted by atomic mass is 16.6. The van der Waals surface area contributed by atoms with E-state index in [1.165, 1.54) is 0 Å². The molecule has 2 N–H and O–H groups in total. The second-order valence-corrected chi connectivity index (χ2v) is 7.88. The topological polar surface area (TPSA) is 83.8 Å². The molecule has 0 bridgehead atoms. The molecule has 6 nitrogen and oxygen atoms in total. The summed E-state index contributed by atoms with van der Waals surface area (Å²) in [5, 5.41) is 18.3. The van der Waals surface area contributed by atoms with Crippen molar-refractivity contribution in [3.63, 3.8) is 0 Å². The van der Waals surface area contributed by atoms with E-state index in [2.05, 4.69) is 14.1 Å². The molecular weight excluding hydrogens is 334 g/mol. The molecule has 0 radical (unpaired) electrons. The molecule has 2 atom stereocenters. The van der Waals surface area contributed by atoms with Crippen molar-refractivity contribution < 1.29 is 29.0 Å². The van der Waals surface area contributed by atoms with Gasteiger partial charge in [0.25, 0.3) is 6.47 Å². The fraction of sp³-hybridized carbons (Fsp3) is 0.600. The summed E-state index contributed by atoms with van der Waals surface area (Å²) < 4.78 is 6.64.